The standard InChI is InChI=1S/C20H22N4O2/c1-14-4-9-19-23-12-18(24(19)13-14)16-5-7-17(8-6-16)20(26)22-11-3-10-21-15(2)25/h4-9,12-13H,3,10-11H2,1-2H3,(H,21,25)(H,22,26). The van der Waals surface area contributed by atoms with Crippen LogP contribution in [0.1, 0.15) is 29.3 Å². The molecule has 2 N–H and O–H groups in total. The summed E-state index contributed by atoms with van der Waals surface area (Å²) in [5.74, 6) is -0.178. The summed E-state index contributed by atoms with van der Waals surface area (Å²) >= 11 is 0. The van der Waals surface area contributed by atoms with E-state index in [4.69, 9.17) is 0 Å². The highest BCUT2D eigenvalue weighted by Gasteiger charge is 2.08. The number of nitrogens with one attached hydrogen (secondary N) is 2. The third kappa shape index (κ3) is 4.08. The summed E-state index contributed by atoms with van der Waals surface area (Å²) in [5.41, 5.74) is 4.66. The van der Waals surface area contributed by atoms with Crippen LogP contribution >= 0.6 is 0 Å². The van der Waals surface area contributed by atoms with E-state index in [1.54, 1.807) is 0 Å². The number of rotatable bonds is 6. The van der Waals surface area contributed by atoms with Gasteiger partial charge in [0.2, 0.25) is 5.91 Å². The van der Waals surface area contributed by atoms with Crippen LogP contribution < -0.4 is 10.6 Å². The molecule has 2 aromatic heterocycles. The number of carbonyl (C=O) groups excluding carboxylic acids is 2. The molecular weight excluding hydrogens is 328 g/mol. The van der Waals surface area contributed by atoms with Crippen LogP contribution in [0.5, 0.6) is 0 Å². The topological polar surface area (TPSA) is 75.5 Å². The van der Waals surface area contributed by atoms with Gasteiger partial charge >= 0.3 is 0 Å². The Kier molecular flexibility index (Phi) is 5.31. The molecule has 0 atom stereocenters. The van der Waals surface area contributed by atoms with Gasteiger partial charge in [-0.2, -0.15) is 0 Å². The fourth-order valence-electron chi connectivity index (χ4n) is 2.75. The summed E-state index contributed by atoms with van der Waals surface area (Å²) in [5, 5.41) is 5.56. The van der Waals surface area contributed by atoms with E-state index in [1.165, 1.54) is 6.92 Å². The quantitative estimate of drug-likeness (QED) is 0.671. The van der Waals surface area contributed by atoms with Crippen LogP contribution in [0.2, 0.25) is 0 Å². The van der Waals surface area contributed by atoms with Crippen molar-refractivity contribution in [2.24, 2.45) is 0 Å². The zero-order valence-corrected chi connectivity index (χ0v) is 15.0. The maximum Gasteiger partial charge on any atom is 0.251 e. The van der Waals surface area contributed by atoms with Crippen molar-refractivity contribution in [1.29, 1.82) is 0 Å². The molecule has 134 valence electrons. The number of aryl methyl sites for hydroxylation is 1. The van der Waals surface area contributed by atoms with Crippen LogP contribution in [0, 0.1) is 6.92 Å². The molecule has 2 heterocycles. The number of aromatic nitrogens is 2. The van der Waals surface area contributed by atoms with Crippen molar-refractivity contribution in [3.8, 4) is 11.3 Å². The molecule has 3 aromatic rings. The molecule has 0 fully saturated rings. The van der Waals surface area contributed by atoms with Gasteiger partial charge in [-0.05, 0) is 37.1 Å². The molecule has 0 aliphatic rings. The largest absolute Gasteiger partial charge is 0.356 e. The van der Waals surface area contributed by atoms with E-state index in [9.17, 15) is 9.59 Å². The predicted molar refractivity (Wildman–Crippen MR) is 101 cm³/mol. The fourth-order valence-corrected chi connectivity index (χ4v) is 2.75. The maximum atomic E-state index is 12.2. The Labute approximate surface area is 152 Å². The van der Waals surface area contributed by atoms with Crippen LogP contribution in [-0.2, 0) is 4.79 Å². The van der Waals surface area contributed by atoms with Gasteiger partial charge in [-0.15, -0.1) is 0 Å². The lowest BCUT2D eigenvalue weighted by Crippen LogP contribution is -2.28. The Morgan fingerprint density at radius 3 is 2.50 bits per heavy atom. The number of hydrogen-bond acceptors (Lipinski definition) is 3. The summed E-state index contributed by atoms with van der Waals surface area (Å²) in [7, 11) is 0. The first-order chi connectivity index (χ1) is 12.5. The minimum Gasteiger partial charge on any atom is -0.356 e. The molecular formula is C20H22N4O2. The molecule has 0 saturated carbocycles. The van der Waals surface area contributed by atoms with Crippen LogP contribution in [0.3, 0.4) is 0 Å². The van der Waals surface area contributed by atoms with Crippen LogP contribution in [0.15, 0.2) is 48.8 Å². The molecule has 6 nitrogen and oxygen atoms in total. The molecule has 3 rings (SSSR count). The molecule has 0 aliphatic carbocycles. The van der Waals surface area contributed by atoms with Crippen molar-refractivity contribution in [2.75, 3.05) is 13.1 Å². The zero-order valence-electron chi connectivity index (χ0n) is 15.0. The van der Waals surface area contributed by atoms with E-state index in [0.29, 0.717) is 25.1 Å². The molecule has 0 radical (unpaired) electrons. The summed E-state index contributed by atoms with van der Waals surface area (Å²) in [4.78, 5) is 27.4. The van der Waals surface area contributed by atoms with Gasteiger partial charge in [0.1, 0.15) is 5.65 Å². The van der Waals surface area contributed by atoms with Crippen molar-refractivity contribution >= 4 is 17.5 Å². The second-order valence-corrected chi connectivity index (χ2v) is 6.25. The molecule has 0 saturated heterocycles. The third-order valence-electron chi connectivity index (χ3n) is 4.11. The normalized spacial score (nSPS) is 10.7. The lowest BCUT2D eigenvalue weighted by Gasteiger charge is -2.07. The van der Waals surface area contributed by atoms with Gasteiger partial charge in [0, 0.05) is 37.3 Å². The predicted octanol–water partition coefficient (Wildman–Crippen LogP) is 2.57. The second kappa shape index (κ2) is 7.82. The van der Waals surface area contributed by atoms with Crippen molar-refractivity contribution in [2.45, 2.75) is 20.3 Å². The van der Waals surface area contributed by atoms with E-state index in [-0.39, 0.29) is 11.8 Å². The molecule has 1 aromatic carbocycles. The molecule has 0 bridgehead atoms. The van der Waals surface area contributed by atoms with E-state index in [2.05, 4.69) is 15.6 Å². The lowest BCUT2D eigenvalue weighted by atomic mass is 10.1. The number of pyridine rings is 1. The number of fused-ring (bicyclic) bond motifs is 1. The lowest BCUT2D eigenvalue weighted by molar-refractivity contribution is -0.118. The smallest absolute Gasteiger partial charge is 0.251 e. The number of nitrogens with zero attached hydrogens (tertiary/aromatic N) is 2. The first kappa shape index (κ1) is 17.7. The van der Waals surface area contributed by atoms with E-state index in [1.807, 2.05) is 60.1 Å². The van der Waals surface area contributed by atoms with E-state index >= 15 is 0 Å². The average molecular weight is 350 g/mol. The average Bonchev–Trinajstić information content (AvgIpc) is 3.04. The Morgan fingerprint density at radius 1 is 1.04 bits per heavy atom. The first-order valence-electron chi connectivity index (χ1n) is 8.61. The number of amides is 2. The van der Waals surface area contributed by atoms with Gasteiger partial charge in [0.05, 0.1) is 11.9 Å². The van der Waals surface area contributed by atoms with Crippen molar-refractivity contribution in [3.63, 3.8) is 0 Å². The van der Waals surface area contributed by atoms with Crippen LogP contribution in [-0.4, -0.2) is 34.3 Å². The Balaban J connectivity index is 1.65. The molecule has 0 spiro atoms. The monoisotopic (exact) mass is 350 g/mol. The Morgan fingerprint density at radius 2 is 1.77 bits per heavy atom. The minimum atomic E-state index is -0.117. The van der Waals surface area contributed by atoms with Gasteiger partial charge in [0.15, 0.2) is 0 Å². The number of benzene rings is 1. The van der Waals surface area contributed by atoms with Gasteiger partial charge in [0.25, 0.3) is 5.91 Å². The fraction of sp³-hybridized carbons (Fsp3) is 0.250. The van der Waals surface area contributed by atoms with Crippen molar-refractivity contribution in [3.05, 3.63) is 59.9 Å². The first-order valence-corrected chi connectivity index (χ1v) is 8.61. The molecule has 26 heavy (non-hydrogen) atoms. The summed E-state index contributed by atoms with van der Waals surface area (Å²) in [6.07, 6.45) is 4.59. The molecule has 6 heteroatoms. The van der Waals surface area contributed by atoms with Gasteiger partial charge in [-0.3, -0.25) is 14.0 Å². The summed E-state index contributed by atoms with van der Waals surface area (Å²) in [6.45, 7) is 4.60. The third-order valence-corrected chi connectivity index (χ3v) is 4.11. The number of hydrogen-bond donors (Lipinski definition) is 2. The summed E-state index contributed by atoms with van der Waals surface area (Å²) < 4.78 is 2.05. The second-order valence-electron chi connectivity index (χ2n) is 6.25. The van der Waals surface area contributed by atoms with Crippen molar-refractivity contribution < 1.29 is 9.59 Å². The highest BCUT2D eigenvalue weighted by Crippen LogP contribution is 2.21. The SMILES string of the molecule is CC(=O)NCCCNC(=O)c1ccc(-c2cnc3ccc(C)cn23)cc1. The highest BCUT2D eigenvalue weighted by atomic mass is 16.2. The summed E-state index contributed by atoms with van der Waals surface area (Å²) in [6, 6.07) is 11.5. The van der Waals surface area contributed by atoms with Gasteiger partial charge in [-0.25, -0.2) is 4.98 Å². The maximum absolute atomic E-state index is 12.2. The van der Waals surface area contributed by atoms with Crippen LogP contribution in [0.25, 0.3) is 16.9 Å². The number of carbonyl (C=O) groups is 2. The van der Waals surface area contributed by atoms with E-state index in [0.717, 1.165) is 22.5 Å². The molecule has 0 unspecified atom stereocenters. The molecule has 0 aliphatic heterocycles. The highest BCUT2D eigenvalue weighted by molar-refractivity contribution is 5.94. The van der Waals surface area contributed by atoms with Gasteiger partial charge in [-0.1, -0.05) is 18.2 Å². The number of imidazole rings is 1. The zero-order chi connectivity index (χ0) is 18.5. The van der Waals surface area contributed by atoms with Crippen molar-refractivity contribution in [1.82, 2.24) is 20.0 Å². The van der Waals surface area contributed by atoms with Crippen LogP contribution in [0.4, 0.5) is 0 Å². The minimum absolute atomic E-state index is 0.0606. The Bertz CT molecular complexity index is 929. The van der Waals surface area contributed by atoms with Gasteiger partial charge < -0.3 is 10.6 Å². The van der Waals surface area contributed by atoms with E-state index < -0.39 is 0 Å². The Hall–Kier alpha value is -3.15. The molecule has 2 amide bonds.